The van der Waals surface area contributed by atoms with Crippen LogP contribution in [0.4, 0.5) is 5.69 Å². The minimum Gasteiger partial charge on any atom is -0.457 e. The maximum absolute atomic E-state index is 12.6. The Morgan fingerprint density at radius 3 is 2.23 bits per heavy atom. The number of cyclic esters (lactones) is 1. The van der Waals surface area contributed by atoms with E-state index in [9.17, 15) is 14.4 Å². The first-order chi connectivity index (χ1) is 14.6. The van der Waals surface area contributed by atoms with E-state index in [2.05, 4.69) is 5.32 Å². The molecule has 1 N–H and O–H groups in total. The summed E-state index contributed by atoms with van der Waals surface area (Å²) in [6.07, 6.45) is -0.705. The molecule has 0 aliphatic carbocycles. The molecule has 6 heteroatoms. The molecule has 1 aliphatic heterocycles. The molecule has 1 aliphatic rings. The highest BCUT2D eigenvalue weighted by Crippen LogP contribution is 2.30. The van der Waals surface area contributed by atoms with Crippen LogP contribution in [-0.2, 0) is 19.1 Å². The molecule has 2 atom stereocenters. The molecule has 1 heterocycles. The van der Waals surface area contributed by atoms with Gasteiger partial charge in [0.15, 0.2) is 11.7 Å². The number of esters is 1. The lowest BCUT2D eigenvalue weighted by atomic mass is 9.92. The molecule has 6 nitrogen and oxygen atoms in total. The van der Waals surface area contributed by atoms with Crippen molar-refractivity contribution in [2.45, 2.75) is 12.5 Å². The van der Waals surface area contributed by atoms with E-state index in [4.69, 9.17) is 9.47 Å². The maximum atomic E-state index is 12.6. The predicted molar refractivity (Wildman–Crippen MR) is 110 cm³/mol. The van der Waals surface area contributed by atoms with Crippen LogP contribution in [0.1, 0.15) is 18.1 Å². The summed E-state index contributed by atoms with van der Waals surface area (Å²) in [5.41, 5.74) is 1.14. The van der Waals surface area contributed by atoms with Crippen molar-refractivity contribution in [1.29, 1.82) is 0 Å². The van der Waals surface area contributed by atoms with Gasteiger partial charge >= 0.3 is 5.97 Å². The summed E-state index contributed by atoms with van der Waals surface area (Å²) < 4.78 is 11.1. The number of amides is 1. The van der Waals surface area contributed by atoms with Crippen LogP contribution in [0.3, 0.4) is 0 Å². The standard InChI is InChI=1S/C24H19NO5/c26-20-15-21(16-8-3-1-4-9-16)30-24(28)22(20)23(27)25-17-10-7-13-19(14-17)29-18-11-5-2-6-12-18/h1-14,21-22H,15H2,(H,25,27). The van der Waals surface area contributed by atoms with Crippen LogP contribution < -0.4 is 10.1 Å². The number of hydrogen-bond acceptors (Lipinski definition) is 5. The van der Waals surface area contributed by atoms with Crippen molar-refractivity contribution in [3.8, 4) is 11.5 Å². The number of carbonyl (C=O) groups excluding carboxylic acids is 3. The van der Waals surface area contributed by atoms with Crippen molar-refractivity contribution in [1.82, 2.24) is 0 Å². The Morgan fingerprint density at radius 2 is 1.53 bits per heavy atom. The molecular weight excluding hydrogens is 382 g/mol. The van der Waals surface area contributed by atoms with E-state index >= 15 is 0 Å². The zero-order chi connectivity index (χ0) is 20.9. The van der Waals surface area contributed by atoms with E-state index in [1.165, 1.54) is 0 Å². The lowest BCUT2D eigenvalue weighted by Crippen LogP contribution is -2.42. The van der Waals surface area contributed by atoms with Crippen LogP contribution in [0.25, 0.3) is 0 Å². The van der Waals surface area contributed by atoms with Crippen LogP contribution in [-0.4, -0.2) is 17.7 Å². The Balaban J connectivity index is 1.43. The number of ketones is 1. The van der Waals surface area contributed by atoms with Gasteiger partial charge in [0.2, 0.25) is 5.91 Å². The smallest absolute Gasteiger partial charge is 0.326 e. The Kier molecular flexibility index (Phi) is 5.57. The van der Waals surface area contributed by atoms with Crippen molar-refractivity contribution in [2.75, 3.05) is 5.32 Å². The molecule has 0 radical (unpaired) electrons. The minimum atomic E-state index is -1.48. The largest absolute Gasteiger partial charge is 0.457 e. The maximum Gasteiger partial charge on any atom is 0.326 e. The van der Waals surface area contributed by atoms with Gasteiger partial charge in [-0.2, -0.15) is 0 Å². The quantitative estimate of drug-likeness (QED) is 0.509. The fourth-order valence-corrected chi connectivity index (χ4v) is 3.27. The summed E-state index contributed by atoms with van der Waals surface area (Å²) in [5, 5.41) is 2.61. The zero-order valence-corrected chi connectivity index (χ0v) is 16.0. The Bertz CT molecular complexity index is 1050. The van der Waals surface area contributed by atoms with Crippen molar-refractivity contribution >= 4 is 23.3 Å². The number of benzene rings is 3. The van der Waals surface area contributed by atoms with Gasteiger partial charge in [0.25, 0.3) is 0 Å². The van der Waals surface area contributed by atoms with Crippen molar-refractivity contribution in [2.24, 2.45) is 5.92 Å². The molecule has 30 heavy (non-hydrogen) atoms. The Hall–Kier alpha value is -3.93. The highest BCUT2D eigenvalue weighted by molar-refractivity contribution is 6.21. The van der Waals surface area contributed by atoms with Gasteiger partial charge in [-0.25, -0.2) is 0 Å². The van der Waals surface area contributed by atoms with Gasteiger partial charge in [-0.15, -0.1) is 0 Å². The summed E-state index contributed by atoms with van der Waals surface area (Å²) in [4.78, 5) is 37.6. The van der Waals surface area contributed by atoms with Gasteiger partial charge < -0.3 is 14.8 Å². The summed E-state index contributed by atoms with van der Waals surface area (Å²) in [5.74, 6) is -2.33. The third kappa shape index (κ3) is 4.38. The highest BCUT2D eigenvalue weighted by atomic mass is 16.5. The Morgan fingerprint density at radius 1 is 0.867 bits per heavy atom. The second-order valence-electron chi connectivity index (χ2n) is 6.87. The van der Waals surface area contributed by atoms with E-state index in [0.29, 0.717) is 17.2 Å². The summed E-state index contributed by atoms with van der Waals surface area (Å²) in [6, 6.07) is 24.9. The summed E-state index contributed by atoms with van der Waals surface area (Å²) in [6.45, 7) is 0. The zero-order valence-electron chi connectivity index (χ0n) is 16.0. The molecule has 1 amide bonds. The SMILES string of the molecule is O=C1CC(c2ccccc2)OC(=O)C1C(=O)Nc1cccc(Oc2ccccc2)c1. The van der Waals surface area contributed by atoms with E-state index < -0.39 is 29.7 Å². The number of rotatable bonds is 5. The monoisotopic (exact) mass is 401 g/mol. The van der Waals surface area contributed by atoms with Gasteiger partial charge in [-0.1, -0.05) is 54.6 Å². The topological polar surface area (TPSA) is 81.7 Å². The number of anilines is 1. The number of ether oxygens (including phenoxy) is 2. The first-order valence-electron chi connectivity index (χ1n) is 9.52. The third-order valence-corrected chi connectivity index (χ3v) is 4.72. The first-order valence-corrected chi connectivity index (χ1v) is 9.52. The van der Waals surface area contributed by atoms with E-state index in [-0.39, 0.29) is 6.42 Å². The molecule has 3 aromatic rings. The normalized spacial score (nSPS) is 18.4. The van der Waals surface area contributed by atoms with E-state index in [0.717, 1.165) is 5.56 Å². The minimum absolute atomic E-state index is 0.0367. The first kappa shape index (κ1) is 19.4. The summed E-state index contributed by atoms with van der Waals surface area (Å²) >= 11 is 0. The molecule has 0 spiro atoms. The average molecular weight is 401 g/mol. The van der Waals surface area contributed by atoms with Crippen LogP contribution >= 0.6 is 0 Å². The molecule has 1 saturated heterocycles. The van der Waals surface area contributed by atoms with Gasteiger partial charge in [0.1, 0.15) is 17.6 Å². The molecule has 0 aromatic heterocycles. The highest BCUT2D eigenvalue weighted by Gasteiger charge is 2.42. The van der Waals surface area contributed by atoms with Gasteiger partial charge in [-0.05, 0) is 29.8 Å². The van der Waals surface area contributed by atoms with Gasteiger partial charge in [0, 0.05) is 18.2 Å². The molecule has 3 aromatic carbocycles. The van der Waals surface area contributed by atoms with Crippen LogP contribution in [0.15, 0.2) is 84.9 Å². The van der Waals surface area contributed by atoms with Gasteiger partial charge in [0.05, 0.1) is 0 Å². The lowest BCUT2D eigenvalue weighted by Gasteiger charge is -2.26. The van der Waals surface area contributed by atoms with Crippen LogP contribution in [0.2, 0.25) is 0 Å². The fraction of sp³-hybridized carbons (Fsp3) is 0.125. The second kappa shape index (κ2) is 8.61. The number of Topliss-reactive ketones (excluding diaryl/α,β-unsaturated/α-hetero) is 1. The van der Waals surface area contributed by atoms with Crippen molar-refractivity contribution < 1.29 is 23.9 Å². The number of carbonyl (C=O) groups is 3. The van der Waals surface area contributed by atoms with Crippen molar-refractivity contribution in [3.63, 3.8) is 0 Å². The lowest BCUT2D eigenvalue weighted by molar-refractivity contribution is -0.166. The van der Waals surface area contributed by atoms with Crippen molar-refractivity contribution in [3.05, 3.63) is 90.5 Å². The average Bonchev–Trinajstić information content (AvgIpc) is 2.75. The second-order valence-corrected chi connectivity index (χ2v) is 6.87. The predicted octanol–water partition coefficient (Wildman–Crippen LogP) is 4.29. The molecule has 150 valence electrons. The van der Waals surface area contributed by atoms with E-state index in [1.807, 2.05) is 36.4 Å². The number of hydrogen-bond donors (Lipinski definition) is 1. The number of para-hydroxylation sites is 1. The molecule has 1 fully saturated rings. The van der Waals surface area contributed by atoms with Crippen LogP contribution in [0.5, 0.6) is 11.5 Å². The molecule has 0 bridgehead atoms. The molecule has 4 rings (SSSR count). The summed E-state index contributed by atoms with van der Waals surface area (Å²) in [7, 11) is 0. The molecule has 0 saturated carbocycles. The third-order valence-electron chi connectivity index (χ3n) is 4.72. The van der Waals surface area contributed by atoms with Crippen LogP contribution in [0, 0.1) is 5.92 Å². The Labute approximate surface area is 173 Å². The van der Waals surface area contributed by atoms with Gasteiger partial charge in [-0.3, -0.25) is 14.4 Å². The molecular formula is C24H19NO5. The fourth-order valence-electron chi connectivity index (χ4n) is 3.27. The van der Waals surface area contributed by atoms with E-state index in [1.54, 1.807) is 48.5 Å². The molecule has 2 unspecified atom stereocenters. The number of nitrogens with one attached hydrogen (secondary N) is 1.